The Labute approximate surface area is 169 Å². The third-order valence-electron chi connectivity index (χ3n) is 6.23. The van der Waals surface area contributed by atoms with E-state index in [1.54, 1.807) is 0 Å². The van der Waals surface area contributed by atoms with Crippen LogP contribution in [0.4, 0.5) is 0 Å². The number of rotatable bonds is 5. The number of Topliss-reactive ketones (excluding diaryl/α,β-unsaturated/α-hetero) is 1. The van der Waals surface area contributed by atoms with Gasteiger partial charge in [-0.15, -0.1) is 0 Å². The van der Waals surface area contributed by atoms with Crippen LogP contribution in [0.25, 0.3) is 0 Å². The van der Waals surface area contributed by atoms with Crippen molar-refractivity contribution in [2.45, 2.75) is 83.7 Å². The average Bonchev–Trinajstić information content (AvgIpc) is 3.45. The minimum Gasteiger partial charge on any atom is -0.487 e. The van der Waals surface area contributed by atoms with Gasteiger partial charge < -0.3 is 4.74 Å². The third-order valence-corrected chi connectivity index (χ3v) is 6.23. The highest BCUT2D eigenvalue weighted by Crippen LogP contribution is 2.52. The van der Waals surface area contributed by atoms with Crippen LogP contribution in [0.2, 0.25) is 0 Å². The van der Waals surface area contributed by atoms with E-state index >= 15 is 0 Å². The molecule has 0 saturated heterocycles. The average molecular weight is 377 g/mol. The molecule has 0 bridgehead atoms. The van der Waals surface area contributed by atoms with E-state index in [0.29, 0.717) is 12.3 Å². The maximum absolute atomic E-state index is 13.1. The summed E-state index contributed by atoms with van der Waals surface area (Å²) in [6.45, 7) is 11.1. The van der Waals surface area contributed by atoms with Crippen LogP contribution in [0.1, 0.15) is 92.4 Å². The van der Waals surface area contributed by atoms with Crippen LogP contribution in [0.5, 0.6) is 5.75 Å². The van der Waals surface area contributed by atoms with Gasteiger partial charge in [0.15, 0.2) is 5.78 Å². The van der Waals surface area contributed by atoms with E-state index in [4.69, 9.17) is 4.74 Å². The van der Waals surface area contributed by atoms with E-state index in [-0.39, 0.29) is 16.8 Å². The Morgan fingerprint density at radius 3 is 2.29 bits per heavy atom. The normalized spacial score (nSPS) is 19.6. The number of fused-ring (bicyclic) bond motifs is 1. The van der Waals surface area contributed by atoms with E-state index in [1.165, 1.54) is 29.5 Å². The number of hydrogen-bond donors (Lipinski definition) is 0. The molecule has 2 nitrogen and oxygen atoms in total. The van der Waals surface area contributed by atoms with Crippen molar-refractivity contribution in [3.63, 3.8) is 0 Å². The first-order valence-electron chi connectivity index (χ1n) is 10.7. The fourth-order valence-corrected chi connectivity index (χ4v) is 4.78. The molecule has 1 saturated carbocycles. The van der Waals surface area contributed by atoms with Gasteiger partial charge in [0, 0.05) is 17.5 Å². The summed E-state index contributed by atoms with van der Waals surface area (Å²) < 4.78 is 6.45. The SMILES string of the molecule is CCc1ccc(CC(=O)c2cc(C3CC3)c3c(c2)C(C)(C)CC(C)(C)O3)cc1. The highest BCUT2D eigenvalue weighted by atomic mass is 16.5. The lowest BCUT2D eigenvalue weighted by Crippen LogP contribution is -2.41. The fourth-order valence-electron chi connectivity index (χ4n) is 4.78. The van der Waals surface area contributed by atoms with E-state index in [0.717, 1.165) is 29.7 Å². The molecule has 2 aromatic carbocycles. The molecule has 1 aliphatic heterocycles. The Morgan fingerprint density at radius 2 is 1.68 bits per heavy atom. The molecule has 0 amide bonds. The summed E-state index contributed by atoms with van der Waals surface area (Å²) in [5.74, 6) is 1.80. The Kier molecular flexibility index (Phi) is 4.64. The lowest BCUT2D eigenvalue weighted by atomic mass is 9.72. The zero-order chi connectivity index (χ0) is 20.1. The van der Waals surface area contributed by atoms with Crippen LogP contribution in [0.15, 0.2) is 36.4 Å². The highest BCUT2D eigenvalue weighted by Gasteiger charge is 2.42. The van der Waals surface area contributed by atoms with Crippen LogP contribution in [0.3, 0.4) is 0 Å². The van der Waals surface area contributed by atoms with E-state index in [9.17, 15) is 4.79 Å². The summed E-state index contributed by atoms with van der Waals surface area (Å²) in [4.78, 5) is 13.1. The lowest BCUT2D eigenvalue weighted by Gasteiger charge is -2.43. The Bertz CT molecular complexity index is 899. The zero-order valence-electron chi connectivity index (χ0n) is 17.9. The third kappa shape index (κ3) is 3.74. The second kappa shape index (κ2) is 6.76. The maximum Gasteiger partial charge on any atom is 0.167 e. The largest absolute Gasteiger partial charge is 0.487 e. The summed E-state index contributed by atoms with van der Waals surface area (Å²) in [5.41, 5.74) is 5.53. The summed E-state index contributed by atoms with van der Waals surface area (Å²) in [7, 11) is 0. The zero-order valence-corrected chi connectivity index (χ0v) is 17.9. The topological polar surface area (TPSA) is 26.3 Å². The molecule has 1 fully saturated rings. The molecule has 0 atom stereocenters. The Morgan fingerprint density at radius 1 is 1.04 bits per heavy atom. The molecule has 0 aromatic heterocycles. The van der Waals surface area contributed by atoms with Crippen molar-refractivity contribution in [3.8, 4) is 5.75 Å². The van der Waals surface area contributed by atoms with E-state index < -0.39 is 0 Å². The number of benzene rings is 2. The number of carbonyl (C=O) groups excluding carboxylic acids is 1. The maximum atomic E-state index is 13.1. The van der Waals surface area contributed by atoms with Crippen LogP contribution in [0, 0.1) is 0 Å². The molecule has 0 unspecified atom stereocenters. The number of hydrogen-bond acceptors (Lipinski definition) is 2. The van der Waals surface area contributed by atoms with Crippen LogP contribution in [-0.2, 0) is 18.3 Å². The smallest absolute Gasteiger partial charge is 0.167 e. The molecule has 28 heavy (non-hydrogen) atoms. The van der Waals surface area contributed by atoms with Gasteiger partial charge in [-0.1, -0.05) is 45.0 Å². The Balaban J connectivity index is 1.70. The van der Waals surface area contributed by atoms with Gasteiger partial charge in [0.05, 0.1) is 0 Å². The molecular weight excluding hydrogens is 344 g/mol. The molecule has 1 heterocycles. The molecule has 4 rings (SSSR count). The molecule has 0 N–H and O–H groups in total. The van der Waals surface area contributed by atoms with E-state index in [2.05, 4.69) is 71.0 Å². The predicted molar refractivity (Wildman–Crippen MR) is 115 cm³/mol. The van der Waals surface area contributed by atoms with Crippen molar-refractivity contribution < 1.29 is 9.53 Å². The van der Waals surface area contributed by atoms with Crippen LogP contribution >= 0.6 is 0 Å². The van der Waals surface area contributed by atoms with E-state index in [1.807, 2.05) is 0 Å². The fraction of sp³-hybridized carbons (Fsp3) is 0.500. The second-order valence-electron chi connectivity index (χ2n) is 9.91. The quantitative estimate of drug-likeness (QED) is 0.565. The first-order chi connectivity index (χ1) is 13.2. The minimum atomic E-state index is -0.174. The Hall–Kier alpha value is -2.09. The molecule has 1 aliphatic carbocycles. The predicted octanol–water partition coefficient (Wildman–Crippen LogP) is 6.39. The molecule has 0 spiro atoms. The molecule has 2 aliphatic rings. The van der Waals surface area contributed by atoms with Gasteiger partial charge in [-0.05, 0) is 79.7 Å². The first-order valence-corrected chi connectivity index (χ1v) is 10.7. The standard InChI is InChI=1S/C26H32O2/c1-6-17-7-9-18(10-8-17)13-23(27)20-14-21(19-11-12-19)24-22(15-20)25(2,3)16-26(4,5)28-24/h7-10,14-15,19H,6,11-13,16H2,1-5H3. The van der Waals surface area contributed by atoms with Crippen LogP contribution in [-0.4, -0.2) is 11.4 Å². The monoisotopic (exact) mass is 376 g/mol. The number of ketones is 1. The van der Waals surface area contributed by atoms with Crippen molar-refractivity contribution in [1.82, 2.24) is 0 Å². The highest BCUT2D eigenvalue weighted by molar-refractivity contribution is 5.98. The van der Waals surface area contributed by atoms with Gasteiger partial charge in [0.25, 0.3) is 0 Å². The van der Waals surface area contributed by atoms with Gasteiger partial charge in [-0.25, -0.2) is 0 Å². The lowest BCUT2D eigenvalue weighted by molar-refractivity contribution is 0.0521. The van der Waals surface area contributed by atoms with Crippen LogP contribution < -0.4 is 4.74 Å². The molecule has 2 aromatic rings. The summed E-state index contributed by atoms with van der Waals surface area (Å²) in [6, 6.07) is 12.7. The molecule has 2 heteroatoms. The molecular formula is C26H32O2. The number of carbonyl (C=O) groups is 1. The van der Waals surface area contributed by atoms with Gasteiger partial charge >= 0.3 is 0 Å². The van der Waals surface area contributed by atoms with Crippen molar-refractivity contribution in [2.75, 3.05) is 0 Å². The van der Waals surface area contributed by atoms with Gasteiger partial charge in [-0.3, -0.25) is 4.79 Å². The number of ether oxygens (including phenoxy) is 1. The van der Waals surface area contributed by atoms with Gasteiger partial charge in [0.1, 0.15) is 11.4 Å². The summed E-state index contributed by atoms with van der Waals surface area (Å²) in [5, 5.41) is 0. The molecule has 148 valence electrons. The first kappa shape index (κ1) is 19.2. The summed E-state index contributed by atoms with van der Waals surface area (Å²) in [6.07, 6.45) is 4.84. The minimum absolute atomic E-state index is 0.000211. The van der Waals surface area contributed by atoms with Gasteiger partial charge in [0.2, 0.25) is 0 Å². The number of aryl methyl sites for hydroxylation is 1. The summed E-state index contributed by atoms with van der Waals surface area (Å²) >= 11 is 0. The van der Waals surface area contributed by atoms with Crippen molar-refractivity contribution >= 4 is 5.78 Å². The molecule has 0 radical (unpaired) electrons. The van der Waals surface area contributed by atoms with Crippen molar-refractivity contribution in [2.24, 2.45) is 0 Å². The second-order valence-corrected chi connectivity index (χ2v) is 9.91. The van der Waals surface area contributed by atoms with Gasteiger partial charge in [-0.2, -0.15) is 0 Å². The van der Waals surface area contributed by atoms with Crippen molar-refractivity contribution in [3.05, 3.63) is 64.2 Å². The van der Waals surface area contributed by atoms with Crippen molar-refractivity contribution in [1.29, 1.82) is 0 Å².